The van der Waals surface area contributed by atoms with Crippen LogP contribution in [-0.4, -0.2) is 19.5 Å². The molecule has 0 saturated heterocycles. The Morgan fingerprint density at radius 3 is 2.56 bits per heavy atom. The highest BCUT2D eigenvalue weighted by Crippen LogP contribution is 1.97. The van der Waals surface area contributed by atoms with Crippen LogP contribution >= 0.6 is 0 Å². The van der Waals surface area contributed by atoms with E-state index < -0.39 is 0 Å². The van der Waals surface area contributed by atoms with E-state index in [1.54, 1.807) is 7.11 Å². The molecular formula is C7H12O2. The molecular weight excluding hydrogens is 116 g/mol. The van der Waals surface area contributed by atoms with E-state index in [0.29, 0.717) is 18.6 Å². The lowest BCUT2D eigenvalue weighted by Crippen LogP contribution is -1.98. The van der Waals surface area contributed by atoms with E-state index in [4.69, 9.17) is 4.74 Å². The molecule has 0 aliphatic heterocycles. The zero-order chi connectivity index (χ0) is 7.28. The average molecular weight is 128 g/mol. The first-order valence-corrected chi connectivity index (χ1v) is 2.86. The molecule has 0 rings (SSSR count). The number of hydrogen-bond donors (Lipinski definition) is 0. The largest absolute Gasteiger partial charge is 0.384 e. The summed E-state index contributed by atoms with van der Waals surface area (Å²) in [5.41, 5.74) is 0.636. The van der Waals surface area contributed by atoms with Gasteiger partial charge in [-0.1, -0.05) is 6.58 Å². The predicted octanol–water partition coefficient (Wildman–Crippen LogP) is 1.17. The van der Waals surface area contributed by atoms with Crippen molar-refractivity contribution in [3.63, 3.8) is 0 Å². The van der Waals surface area contributed by atoms with Crippen LogP contribution in [0.4, 0.5) is 0 Å². The third-order valence-corrected chi connectivity index (χ3v) is 1.11. The smallest absolute Gasteiger partial charge is 0.155 e. The Bertz CT molecular complexity index is 116. The molecule has 2 heteroatoms. The Kier molecular flexibility index (Phi) is 3.97. The molecule has 0 radical (unpaired) electrons. The molecule has 0 spiro atoms. The summed E-state index contributed by atoms with van der Waals surface area (Å²) in [4.78, 5) is 10.5. The number of methoxy groups -OCH3 is 1. The van der Waals surface area contributed by atoms with Gasteiger partial charge in [0.2, 0.25) is 0 Å². The molecule has 0 aromatic rings. The van der Waals surface area contributed by atoms with Crippen LogP contribution in [0.3, 0.4) is 0 Å². The Balaban J connectivity index is 3.39. The van der Waals surface area contributed by atoms with Gasteiger partial charge in [0.25, 0.3) is 0 Å². The molecule has 0 fully saturated rings. The summed E-state index contributed by atoms with van der Waals surface area (Å²) in [5, 5.41) is 0. The lowest BCUT2D eigenvalue weighted by atomic mass is 10.1. The van der Waals surface area contributed by atoms with Crippen LogP contribution in [0.5, 0.6) is 0 Å². The number of hydrogen-bond acceptors (Lipinski definition) is 2. The van der Waals surface area contributed by atoms with Gasteiger partial charge in [-0.05, 0) is 18.9 Å². The second-order valence-corrected chi connectivity index (χ2v) is 1.90. The Labute approximate surface area is 55.5 Å². The molecule has 0 saturated carbocycles. The van der Waals surface area contributed by atoms with Crippen LogP contribution < -0.4 is 0 Å². The molecule has 0 aliphatic rings. The molecule has 0 atom stereocenters. The molecule has 0 aromatic heterocycles. The summed E-state index contributed by atoms with van der Waals surface area (Å²) in [6, 6.07) is 0. The van der Waals surface area contributed by atoms with Crippen LogP contribution in [0.15, 0.2) is 12.2 Å². The van der Waals surface area contributed by atoms with Crippen molar-refractivity contribution in [2.75, 3.05) is 13.7 Å². The lowest BCUT2D eigenvalue weighted by Gasteiger charge is -1.97. The third kappa shape index (κ3) is 3.91. The van der Waals surface area contributed by atoms with Crippen LogP contribution in [-0.2, 0) is 9.53 Å². The van der Waals surface area contributed by atoms with E-state index in [1.807, 2.05) is 0 Å². The first-order chi connectivity index (χ1) is 4.18. The van der Waals surface area contributed by atoms with Crippen molar-refractivity contribution in [1.29, 1.82) is 0 Å². The minimum absolute atomic E-state index is 0.0482. The maximum atomic E-state index is 10.5. The fourth-order valence-electron chi connectivity index (χ4n) is 0.401. The van der Waals surface area contributed by atoms with Gasteiger partial charge in [0.15, 0.2) is 5.78 Å². The molecule has 0 aliphatic carbocycles. The second kappa shape index (κ2) is 4.27. The average Bonchev–Trinajstić information content (AvgIpc) is 1.82. The molecule has 9 heavy (non-hydrogen) atoms. The Morgan fingerprint density at radius 2 is 2.22 bits per heavy atom. The number of carbonyl (C=O) groups excluding carboxylic acids is 1. The Morgan fingerprint density at radius 1 is 1.67 bits per heavy atom. The highest BCUT2D eigenvalue weighted by atomic mass is 16.5. The minimum Gasteiger partial charge on any atom is -0.384 e. The van der Waals surface area contributed by atoms with Crippen molar-refractivity contribution in [1.82, 2.24) is 0 Å². The van der Waals surface area contributed by atoms with Crippen molar-refractivity contribution < 1.29 is 9.53 Å². The number of rotatable bonds is 4. The van der Waals surface area contributed by atoms with E-state index in [9.17, 15) is 4.79 Å². The Hall–Kier alpha value is -0.630. The highest BCUT2D eigenvalue weighted by Gasteiger charge is 1.97. The maximum Gasteiger partial charge on any atom is 0.155 e. The van der Waals surface area contributed by atoms with Gasteiger partial charge in [0, 0.05) is 7.11 Å². The summed E-state index contributed by atoms with van der Waals surface area (Å²) >= 11 is 0. The number of carbonyl (C=O) groups is 1. The van der Waals surface area contributed by atoms with Crippen molar-refractivity contribution >= 4 is 5.78 Å². The zero-order valence-electron chi connectivity index (χ0n) is 5.94. The molecule has 0 amide bonds. The first-order valence-electron chi connectivity index (χ1n) is 2.86. The third-order valence-electron chi connectivity index (χ3n) is 1.11. The van der Waals surface area contributed by atoms with Gasteiger partial charge in [-0.2, -0.15) is 0 Å². The van der Waals surface area contributed by atoms with E-state index in [0.717, 1.165) is 0 Å². The molecule has 0 unspecified atom stereocenters. The molecule has 0 heterocycles. The van der Waals surface area contributed by atoms with Crippen molar-refractivity contribution in [2.45, 2.75) is 13.3 Å². The zero-order valence-corrected chi connectivity index (χ0v) is 5.94. The maximum absolute atomic E-state index is 10.5. The van der Waals surface area contributed by atoms with Gasteiger partial charge < -0.3 is 4.74 Å². The molecule has 0 N–H and O–H groups in total. The second-order valence-electron chi connectivity index (χ2n) is 1.90. The van der Waals surface area contributed by atoms with Crippen LogP contribution in [0.25, 0.3) is 0 Å². The lowest BCUT2D eigenvalue weighted by molar-refractivity contribution is -0.113. The highest BCUT2D eigenvalue weighted by molar-refractivity contribution is 5.92. The summed E-state index contributed by atoms with van der Waals surface area (Å²) < 4.78 is 4.75. The van der Waals surface area contributed by atoms with Crippen LogP contribution in [0.1, 0.15) is 13.3 Å². The van der Waals surface area contributed by atoms with Gasteiger partial charge in [0.1, 0.15) is 0 Å². The number of ketones is 1. The van der Waals surface area contributed by atoms with Gasteiger partial charge in [0.05, 0.1) is 6.61 Å². The summed E-state index contributed by atoms with van der Waals surface area (Å²) in [7, 11) is 1.60. The molecule has 52 valence electrons. The standard InChI is InChI=1S/C7H12O2/c1-6(7(2)8)4-5-9-3/h1,4-5H2,2-3H3. The molecule has 2 nitrogen and oxygen atoms in total. The van der Waals surface area contributed by atoms with Crippen LogP contribution in [0, 0.1) is 0 Å². The number of Topliss-reactive ketones (excluding diaryl/α,β-unsaturated/α-hetero) is 1. The fourth-order valence-corrected chi connectivity index (χ4v) is 0.401. The number of ether oxygens (including phenoxy) is 1. The van der Waals surface area contributed by atoms with Crippen molar-refractivity contribution in [3.05, 3.63) is 12.2 Å². The van der Waals surface area contributed by atoms with Crippen molar-refractivity contribution in [2.24, 2.45) is 0 Å². The van der Waals surface area contributed by atoms with Gasteiger partial charge >= 0.3 is 0 Å². The van der Waals surface area contributed by atoms with Gasteiger partial charge in [-0.15, -0.1) is 0 Å². The van der Waals surface area contributed by atoms with E-state index in [-0.39, 0.29) is 5.78 Å². The quantitative estimate of drug-likeness (QED) is 0.531. The minimum atomic E-state index is 0.0482. The first kappa shape index (κ1) is 8.37. The van der Waals surface area contributed by atoms with E-state index in [2.05, 4.69) is 6.58 Å². The predicted molar refractivity (Wildman–Crippen MR) is 36.3 cm³/mol. The van der Waals surface area contributed by atoms with Gasteiger partial charge in [-0.3, -0.25) is 4.79 Å². The summed E-state index contributed by atoms with van der Waals surface area (Å²) in [5.74, 6) is 0.0482. The van der Waals surface area contributed by atoms with Crippen LogP contribution in [0.2, 0.25) is 0 Å². The fraction of sp³-hybridized carbons (Fsp3) is 0.571. The topological polar surface area (TPSA) is 26.3 Å². The molecule has 0 bridgehead atoms. The summed E-state index contributed by atoms with van der Waals surface area (Å²) in [6.45, 7) is 5.66. The van der Waals surface area contributed by atoms with E-state index >= 15 is 0 Å². The SMILES string of the molecule is C=C(CCOC)C(C)=O. The van der Waals surface area contributed by atoms with Gasteiger partial charge in [-0.25, -0.2) is 0 Å². The molecule has 0 aromatic carbocycles. The monoisotopic (exact) mass is 128 g/mol. The van der Waals surface area contributed by atoms with E-state index in [1.165, 1.54) is 6.92 Å². The summed E-state index contributed by atoms with van der Waals surface area (Å²) in [6.07, 6.45) is 0.645. The normalized spacial score (nSPS) is 9.11. The van der Waals surface area contributed by atoms with Crippen molar-refractivity contribution in [3.8, 4) is 0 Å².